The fourth-order valence-corrected chi connectivity index (χ4v) is 2.32. The van der Waals surface area contributed by atoms with Crippen molar-refractivity contribution in [2.75, 3.05) is 5.32 Å². The van der Waals surface area contributed by atoms with E-state index < -0.39 is 0 Å². The number of hydrogen-bond acceptors (Lipinski definition) is 4. The summed E-state index contributed by atoms with van der Waals surface area (Å²) in [7, 11) is 0. The van der Waals surface area contributed by atoms with Crippen LogP contribution in [0.1, 0.15) is 32.6 Å². The van der Waals surface area contributed by atoms with Crippen molar-refractivity contribution in [3.8, 4) is 0 Å². The Morgan fingerprint density at radius 1 is 1.59 bits per heavy atom. The van der Waals surface area contributed by atoms with Gasteiger partial charge in [-0.25, -0.2) is 19.3 Å². The largest absolute Gasteiger partial charge is 0.364 e. The van der Waals surface area contributed by atoms with E-state index >= 15 is 0 Å². The molecule has 6 heteroatoms. The normalized spacial score (nSPS) is 17.9. The van der Waals surface area contributed by atoms with Crippen molar-refractivity contribution in [3.05, 3.63) is 22.9 Å². The lowest BCUT2D eigenvalue weighted by atomic mass is 9.75. The van der Waals surface area contributed by atoms with Gasteiger partial charge in [0.1, 0.15) is 12.1 Å². The summed E-state index contributed by atoms with van der Waals surface area (Å²) in [6, 6.07) is 1.80. The summed E-state index contributed by atoms with van der Waals surface area (Å²) >= 11 is 0. The molecule has 6 nitrogen and oxygen atoms in total. The Hall–Kier alpha value is -1.85. The lowest BCUT2D eigenvalue weighted by molar-refractivity contribution is 0.269. The SMILES string of the molecule is CCC1(Nc2cc3n[nH]c(=O)n3cn2)CCC1. The van der Waals surface area contributed by atoms with Crippen LogP contribution in [0.3, 0.4) is 0 Å². The molecule has 0 spiro atoms. The van der Waals surface area contributed by atoms with E-state index in [1.54, 1.807) is 6.07 Å². The third kappa shape index (κ3) is 1.60. The fourth-order valence-electron chi connectivity index (χ4n) is 2.32. The predicted molar refractivity (Wildman–Crippen MR) is 64.1 cm³/mol. The number of aromatic nitrogens is 4. The summed E-state index contributed by atoms with van der Waals surface area (Å²) in [5.74, 6) is 0.790. The number of aromatic amines is 1. The Labute approximate surface area is 98.1 Å². The van der Waals surface area contributed by atoms with Gasteiger partial charge in [-0.15, -0.1) is 0 Å². The fraction of sp³-hybridized carbons (Fsp3) is 0.545. The van der Waals surface area contributed by atoms with E-state index in [-0.39, 0.29) is 11.2 Å². The third-order valence-electron chi connectivity index (χ3n) is 3.69. The second-order valence-electron chi connectivity index (χ2n) is 4.64. The molecule has 2 aromatic rings. The molecule has 2 heterocycles. The number of H-pyrrole nitrogens is 1. The molecule has 2 N–H and O–H groups in total. The number of hydrogen-bond donors (Lipinski definition) is 2. The first-order valence-electron chi connectivity index (χ1n) is 5.93. The van der Waals surface area contributed by atoms with E-state index in [9.17, 15) is 4.79 Å². The molecular weight excluding hydrogens is 218 g/mol. The Morgan fingerprint density at radius 2 is 2.41 bits per heavy atom. The Morgan fingerprint density at radius 3 is 3.06 bits per heavy atom. The van der Waals surface area contributed by atoms with Crippen molar-refractivity contribution < 1.29 is 0 Å². The second-order valence-corrected chi connectivity index (χ2v) is 4.64. The van der Waals surface area contributed by atoms with Gasteiger partial charge < -0.3 is 5.32 Å². The smallest absolute Gasteiger partial charge is 0.348 e. The first-order chi connectivity index (χ1) is 8.22. The summed E-state index contributed by atoms with van der Waals surface area (Å²) in [6.07, 6.45) is 6.23. The minimum absolute atomic E-state index is 0.196. The molecule has 0 aromatic carbocycles. The van der Waals surface area contributed by atoms with Gasteiger partial charge in [0.2, 0.25) is 0 Å². The highest BCUT2D eigenvalue weighted by Gasteiger charge is 2.35. The van der Waals surface area contributed by atoms with Gasteiger partial charge in [0, 0.05) is 11.6 Å². The van der Waals surface area contributed by atoms with Gasteiger partial charge >= 0.3 is 5.69 Å². The molecule has 0 atom stereocenters. The summed E-state index contributed by atoms with van der Waals surface area (Å²) in [6.45, 7) is 2.18. The topological polar surface area (TPSA) is 75.1 Å². The summed E-state index contributed by atoms with van der Waals surface area (Å²) < 4.78 is 1.39. The average molecular weight is 233 g/mol. The van der Waals surface area contributed by atoms with Crippen LogP contribution in [-0.2, 0) is 0 Å². The molecule has 90 valence electrons. The standard InChI is InChI=1S/C11H15N5O/c1-2-11(4-3-5-11)13-8-6-9-14-15-10(17)16(9)7-12-8/h6-7,13H,2-5H2,1H3,(H,15,17). The lowest BCUT2D eigenvalue weighted by Gasteiger charge is -2.42. The van der Waals surface area contributed by atoms with Gasteiger partial charge in [0.15, 0.2) is 5.65 Å². The summed E-state index contributed by atoms with van der Waals surface area (Å²) in [5, 5.41) is 9.78. The molecular formula is C11H15N5O. The van der Waals surface area contributed by atoms with Crippen LogP contribution >= 0.6 is 0 Å². The van der Waals surface area contributed by atoms with Crippen LogP contribution in [0.25, 0.3) is 5.65 Å². The molecule has 17 heavy (non-hydrogen) atoms. The molecule has 0 bridgehead atoms. The van der Waals surface area contributed by atoms with Crippen LogP contribution < -0.4 is 11.0 Å². The molecule has 0 amide bonds. The zero-order valence-corrected chi connectivity index (χ0v) is 9.73. The second kappa shape index (κ2) is 3.58. The molecule has 1 saturated carbocycles. The zero-order chi connectivity index (χ0) is 11.9. The number of nitrogens with one attached hydrogen (secondary N) is 2. The highest BCUT2D eigenvalue weighted by atomic mass is 16.1. The maximum absolute atomic E-state index is 11.3. The molecule has 1 aliphatic rings. The Kier molecular flexibility index (Phi) is 2.17. The van der Waals surface area contributed by atoms with E-state index in [2.05, 4.69) is 27.4 Å². The number of nitrogens with zero attached hydrogens (tertiary/aromatic N) is 3. The van der Waals surface area contributed by atoms with Crippen molar-refractivity contribution in [2.24, 2.45) is 0 Å². The maximum Gasteiger partial charge on any atom is 0.348 e. The molecule has 0 radical (unpaired) electrons. The zero-order valence-electron chi connectivity index (χ0n) is 9.73. The van der Waals surface area contributed by atoms with Crippen molar-refractivity contribution in [1.29, 1.82) is 0 Å². The van der Waals surface area contributed by atoms with Crippen molar-refractivity contribution >= 4 is 11.5 Å². The minimum atomic E-state index is -0.257. The minimum Gasteiger partial charge on any atom is -0.364 e. The highest BCUT2D eigenvalue weighted by Crippen LogP contribution is 2.37. The molecule has 1 aliphatic carbocycles. The lowest BCUT2D eigenvalue weighted by Crippen LogP contribution is -2.44. The van der Waals surface area contributed by atoms with E-state index in [0.717, 1.165) is 12.2 Å². The number of rotatable bonds is 3. The quantitative estimate of drug-likeness (QED) is 0.834. The first-order valence-corrected chi connectivity index (χ1v) is 5.93. The van der Waals surface area contributed by atoms with E-state index in [0.29, 0.717) is 5.65 Å². The molecule has 0 saturated heterocycles. The Bertz CT molecular complexity index is 590. The van der Waals surface area contributed by atoms with Crippen molar-refractivity contribution in [2.45, 2.75) is 38.1 Å². The van der Waals surface area contributed by atoms with Crippen LogP contribution in [0.15, 0.2) is 17.2 Å². The van der Waals surface area contributed by atoms with Gasteiger partial charge in [-0.3, -0.25) is 0 Å². The van der Waals surface area contributed by atoms with Gasteiger partial charge in [0.05, 0.1) is 0 Å². The maximum atomic E-state index is 11.3. The summed E-state index contributed by atoms with van der Waals surface area (Å²) in [4.78, 5) is 15.5. The van der Waals surface area contributed by atoms with Crippen LogP contribution in [0, 0.1) is 0 Å². The molecule has 3 rings (SSSR count). The van der Waals surface area contributed by atoms with Crippen molar-refractivity contribution in [3.63, 3.8) is 0 Å². The van der Waals surface area contributed by atoms with Gasteiger partial charge in [-0.1, -0.05) is 6.92 Å². The van der Waals surface area contributed by atoms with E-state index in [1.807, 2.05) is 0 Å². The average Bonchev–Trinajstić information content (AvgIpc) is 2.65. The van der Waals surface area contributed by atoms with Gasteiger partial charge in [-0.2, -0.15) is 5.10 Å². The summed E-state index contributed by atoms with van der Waals surface area (Å²) in [5.41, 5.74) is 0.535. The van der Waals surface area contributed by atoms with Crippen LogP contribution in [0.5, 0.6) is 0 Å². The highest BCUT2D eigenvalue weighted by molar-refractivity contribution is 5.50. The number of fused-ring (bicyclic) bond motifs is 1. The van der Waals surface area contributed by atoms with Gasteiger partial charge in [-0.05, 0) is 25.7 Å². The molecule has 0 aliphatic heterocycles. The van der Waals surface area contributed by atoms with Crippen LogP contribution in [-0.4, -0.2) is 25.1 Å². The predicted octanol–water partition coefficient (Wildman–Crippen LogP) is 1.16. The molecule has 0 unspecified atom stereocenters. The first kappa shape index (κ1) is 10.3. The molecule has 2 aromatic heterocycles. The number of anilines is 1. The third-order valence-corrected chi connectivity index (χ3v) is 3.69. The molecule has 1 fully saturated rings. The van der Waals surface area contributed by atoms with Crippen molar-refractivity contribution in [1.82, 2.24) is 19.6 Å². The Balaban J connectivity index is 1.93. The monoisotopic (exact) mass is 233 g/mol. The van der Waals surface area contributed by atoms with Gasteiger partial charge in [0.25, 0.3) is 0 Å². The van der Waals surface area contributed by atoms with Crippen LogP contribution in [0.4, 0.5) is 5.82 Å². The van der Waals surface area contributed by atoms with Crippen LogP contribution in [0.2, 0.25) is 0 Å². The van der Waals surface area contributed by atoms with E-state index in [4.69, 9.17) is 0 Å². The van der Waals surface area contributed by atoms with E-state index in [1.165, 1.54) is 30.0 Å².